The van der Waals surface area contributed by atoms with Gasteiger partial charge in [0.25, 0.3) is 18.2 Å². The van der Waals surface area contributed by atoms with Crippen LogP contribution < -0.4 is 9.47 Å². The summed E-state index contributed by atoms with van der Waals surface area (Å²) in [6.45, 7) is 2.59. The second-order valence-corrected chi connectivity index (χ2v) is 11.0. The molecule has 4 rings (SSSR count). The van der Waals surface area contributed by atoms with Crippen molar-refractivity contribution < 1.29 is 33.0 Å². The Balaban J connectivity index is 1.25. The topological polar surface area (TPSA) is 79.3 Å². The molecule has 1 aliphatic carbocycles. The van der Waals surface area contributed by atoms with Crippen molar-refractivity contribution in [2.24, 2.45) is 11.8 Å². The summed E-state index contributed by atoms with van der Waals surface area (Å²) in [4.78, 5) is 28.3. The molecular weight excluding hydrogens is 506 g/mol. The van der Waals surface area contributed by atoms with E-state index >= 15 is 0 Å². The number of carbonyl (C=O) groups excluding carboxylic acids is 2. The van der Waals surface area contributed by atoms with Gasteiger partial charge in [-0.2, -0.15) is 0 Å². The number of piperidine rings is 1. The molecule has 2 aromatic rings. The number of methoxy groups -OCH3 is 1. The number of amides is 2. The van der Waals surface area contributed by atoms with Crippen LogP contribution in [0.15, 0.2) is 42.5 Å². The van der Waals surface area contributed by atoms with Crippen molar-refractivity contribution in [2.45, 2.75) is 57.2 Å². The average Bonchev–Trinajstić information content (AvgIpc) is 2.91. The Labute approximate surface area is 228 Å². The number of aliphatic hydroxyl groups is 1. The maximum Gasteiger partial charge on any atom is 0.280 e. The van der Waals surface area contributed by atoms with Crippen molar-refractivity contribution in [1.29, 1.82) is 0 Å². The van der Waals surface area contributed by atoms with Gasteiger partial charge >= 0.3 is 0 Å². The zero-order valence-electron chi connectivity index (χ0n) is 23.0. The number of aryl methyl sites for hydroxylation is 1. The van der Waals surface area contributed by atoms with E-state index in [4.69, 9.17) is 9.47 Å². The molecule has 0 unspecified atom stereocenters. The summed E-state index contributed by atoms with van der Waals surface area (Å²) in [5.74, 6) is 0.987. The van der Waals surface area contributed by atoms with E-state index in [1.807, 2.05) is 25.1 Å². The van der Waals surface area contributed by atoms with E-state index in [-0.39, 0.29) is 17.6 Å². The van der Waals surface area contributed by atoms with Crippen molar-refractivity contribution in [2.75, 3.05) is 34.3 Å². The predicted octanol–water partition coefficient (Wildman–Crippen LogP) is 4.64. The summed E-state index contributed by atoms with van der Waals surface area (Å²) in [7, 11) is 4.86. The van der Waals surface area contributed by atoms with Crippen molar-refractivity contribution >= 4 is 11.8 Å². The van der Waals surface area contributed by atoms with E-state index in [0.29, 0.717) is 49.1 Å². The van der Waals surface area contributed by atoms with Gasteiger partial charge in [-0.25, -0.2) is 8.78 Å². The van der Waals surface area contributed by atoms with Crippen LogP contribution in [0.1, 0.15) is 53.6 Å². The summed E-state index contributed by atoms with van der Waals surface area (Å²) in [6.07, 6.45) is 1.18. The van der Waals surface area contributed by atoms with Crippen LogP contribution in [0.3, 0.4) is 0 Å². The Morgan fingerprint density at radius 1 is 1.08 bits per heavy atom. The van der Waals surface area contributed by atoms with Crippen LogP contribution in [0, 0.1) is 18.8 Å². The number of halogens is 2. The Morgan fingerprint density at radius 2 is 1.77 bits per heavy atom. The maximum atomic E-state index is 14.0. The molecule has 1 saturated heterocycles. The molecule has 0 radical (unpaired) electrons. The van der Waals surface area contributed by atoms with Crippen LogP contribution in [0.5, 0.6) is 11.5 Å². The van der Waals surface area contributed by atoms with Gasteiger partial charge in [-0.05, 0) is 86.8 Å². The molecule has 2 aromatic carbocycles. The second kappa shape index (κ2) is 11.9. The molecule has 1 atom stereocenters. The summed E-state index contributed by atoms with van der Waals surface area (Å²) >= 11 is 0. The first kappa shape index (κ1) is 28.8. The molecule has 1 saturated carbocycles. The van der Waals surface area contributed by atoms with Crippen LogP contribution >= 0.6 is 0 Å². The number of carbonyl (C=O) groups is 2. The lowest BCUT2D eigenvalue weighted by atomic mass is 9.74. The molecule has 2 amide bonds. The minimum atomic E-state index is -3.27. The number of nitrogens with zero attached hydrogens (tertiary/aromatic N) is 2. The summed E-state index contributed by atoms with van der Waals surface area (Å²) in [5.41, 5.74) is -1.53. The van der Waals surface area contributed by atoms with Gasteiger partial charge < -0.3 is 24.4 Å². The zero-order chi connectivity index (χ0) is 28.3. The van der Waals surface area contributed by atoms with E-state index < -0.39 is 17.9 Å². The number of hydrogen-bond donors (Lipinski definition) is 1. The molecule has 0 spiro atoms. The third kappa shape index (κ3) is 6.19. The first-order valence-corrected chi connectivity index (χ1v) is 13.5. The summed E-state index contributed by atoms with van der Waals surface area (Å²) in [6, 6.07) is 11.2. The number of hydrogen-bond acceptors (Lipinski definition) is 5. The van der Waals surface area contributed by atoms with E-state index in [2.05, 4.69) is 0 Å². The van der Waals surface area contributed by atoms with E-state index in [0.717, 1.165) is 30.6 Å². The highest BCUT2D eigenvalue weighted by Crippen LogP contribution is 2.39. The van der Waals surface area contributed by atoms with Gasteiger partial charge in [-0.15, -0.1) is 0 Å². The normalized spacial score (nSPS) is 21.2. The maximum absolute atomic E-state index is 14.0. The van der Waals surface area contributed by atoms with Gasteiger partial charge in [-0.1, -0.05) is 12.1 Å². The average molecular weight is 545 g/mol. The largest absolute Gasteiger partial charge is 0.497 e. The van der Waals surface area contributed by atoms with Gasteiger partial charge in [0.05, 0.1) is 13.2 Å². The fourth-order valence-corrected chi connectivity index (χ4v) is 5.63. The minimum Gasteiger partial charge on any atom is -0.497 e. The molecule has 0 aromatic heterocycles. The molecule has 39 heavy (non-hydrogen) atoms. The fraction of sp³-hybridized carbons (Fsp3) is 0.533. The molecule has 2 aliphatic rings. The SMILES string of the molecule is COc1cccc([C@@](O)(C(=O)N2CCC(C[C@H]3C[C@@H](Oc4ccc(C(=O)N(C)C)c(C)c4)C3)CC2)C(F)F)c1. The number of benzene rings is 2. The van der Waals surface area contributed by atoms with Crippen molar-refractivity contribution in [3.05, 3.63) is 59.2 Å². The first-order valence-electron chi connectivity index (χ1n) is 13.5. The zero-order valence-corrected chi connectivity index (χ0v) is 23.0. The Kier molecular flexibility index (Phi) is 8.79. The van der Waals surface area contributed by atoms with Gasteiger partial charge in [0.1, 0.15) is 11.5 Å². The Bertz CT molecular complexity index is 1180. The lowest BCUT2D eigenvalue weighted by Crippen LogP contribution is -2.53. The Morgan fingerprint density at radius 3 is 2.36 bits per heavy atom. The second-order valence-electron chi connectivity index (χ2n) is 11.0. The third-order valence-corrected chi connectivity index (χ3v) is 8.05. The lowest BCUT2D eigenvalue weighted by Gasteiger charge is -2.41. The van der Waals surface area contributed by atoms with E-state index in [1.165, 1.54) is 30.2 Å². The van der Waals surface area contributed by atoms with Crippen molar-refractivity contribution in [1.82, 2.24) is 9.80 Å². The molecule has 7 nitrogen and oxygen atoms in total. The number of alkyl halides is 2. The van der Waals surface area contributed by atoms with Gasteiger partial charge in [0.2, 0.25) is 5.60 Å². The van der Waals surface area contributed by atoms with E-state index in [9.17, 15) is 23.5 Å². The molecule has 2 fully saturated rings. The molecule has 1 aliphatic heterocycles. The van der Waals surface area contributed by atoms with E-state index in [1.54, 1.807) is 25.1 Å². The summed E-state index contributed by atoms with van der Waals surface area (Å²) in [5, 5.41) is 10.9. The molecular formula is C30H38F2N2O5. The van der Waals surface area contributed by atoms with Crippen LogP contribution in [-0.4, -0.2) is 73.5 Å². The van der Waals surface area contributed by atoms with Gasteiger partial charge in [0, 0.05) is 38.3 Å². The highest BCUT2D eigenvalue weighted by Gasteiger charge is 2.50. The third-order valence-electron chi connectivity index (χ3n) is 8.05. The van der Waals surface area contributed by atoms with Gasteiger partial charge in [0.15, 0.2) is 0 Å². The van der Waals surface area contributed by atoms with Gasteiger partial charge in [-0.3, -0.25) is 9.59 Å². The van der Waals surface area contributed by atoms with Crippen LogP contribution in [0.2, 0.25) is 0 Å². The number of rotatable bonds is 9. The monoisotopic (exact) mass is 544 g/mol. The highest BCUT2D eigenvalue weighted by molar-refractivity contribution is 5.95. The van der Waals surface area contributed by atoms with Crippen molar-refractivity contribution in [3.8, 4) is 11.5 Å². The highest BCUT2D eigenvalue weighted by atomic mass is 19.3. The standard InChI is InChI=1S/C30H38F2N2O5/c1-19-14-24(8-9-26(19)27(35)33(2)3)39-25-16-21(17-25)15-20-10-12-34(13-11-20)29(36)30(37,28(31)32)22-6-5-7-23(18-22)38-4/h5-9,14,18,20-21,25,28,37H,10-13,15-17H2,1-4H3/t21-,25+,30-/m0/s1. The number of ether oxygens (including phenoxy) is 2. The molecule has 1 N–H and O–H groups in total. The van der Waals surface area contributed by atoms with Crippen LogP contribution in [0.4, 0.5) is 8.78 Å². The van der Waals surface area contributed by atoms with Crippen LogP contribution in [0.25, 0.3) is 0 Å². The first-order chi connectivity index (χ1) is 18.5. The quantitative estimate of drug-likeness (QED) is 0.498. The van der Waals surface area contributed by atoms with Crippen LogP contribution in [-0.2, 0) is 10.4 Å². The van der Waals surface area contributed by atoms with Crippen molar-refractivity contribution in [3.63, 3.8) is 0 Å². The Hall–Kier alpha value is -3.20. The predicted molar refractivity (Wildman–Crippen MR) is 143 cm³/mol. The molecule has 0 bridgehead atoms. The fourth-order valence-electron chi connectivity index (χ4n) is 5.63. The molecule has 212 valence electrons. The lowest BCUT2D eigenvalue weighted by molar-refractivity contribution is -0.173. The summed E-state index contributed by atoms with van der Waals surface area (Å²) < 4.78 is 39.3. The molecule has 9 heteroatoms. The number of likely N-dealkylation sites (tertiary alicyclic amines) is 1. The smallest absolute Gasteiger partial charge is 0.280 e. The molecule has 1 heterocycles. The minimum absolute atomic E-state index is 0.0327.